The average molecular weight is 433 g/mol. The molecule has 0 bridgehead atoms. The van der Waals surface area contributed by atoms with Crippen molar-refractivity contribution >= 4 is 28.3 Å². The van der Waals surface area contributed by atoms with Gasteiger partial charge in [0.05, 0.1) is 5.56 Å². The summed E-state index contributed by atoms with van der Waals surface area (Å²) in [6.45, 7) is 8.73. The van der Waals surface area contributed by atoms with Gasteiger partial charge in [-0.05, 0) is 64.9 Å². The largest absolute Gasteiger partial charge is 0.444 e. The maximum absolute atomic E-state index is 12.7. The fourth-order valence-corrected chi connectivity index (χ4v) is 5.43. The average Bonchev–Trinajstić information content (AvgIpc) is 3.28. The Hall–Kier alpha value is -2.27. The van der Waals surface area contributed by atoms with Gasteiger partial charge in [0.25, 0.3) is 0 Å². The molecule has 2 atom stereocenters. The van der Waals surface area contributed by atoms with E-state index in [1.807, 2.05) is 6.92 Å². The van der Waals surface area contributed by atoms with E-state index in [-0.39, 0.29) is 11.9 Å². The summed E-state index contributed by atoms with van der Waals surface area (Å²) in [4.78, 5) is 28.3. The van der Waals surface area contributed by atoms with Crippen LogP contribution in [-0.2, 0) is 22.4 Å². The third-order valence-corrected chi connectivity index (χ3v) is 6.85. The SMILES string of the molecule is CC[C@H](NC(=O)OC(C)(C)C)C(=O)N[C@H]1CCN(c2sc3c(c2C#N)CCCC3)C1. The predicted molar refractivity (Wildman–Crippen MR) is 118 cm³/mol. The molecule has 1 fully saturated rings. The van der Waals surface area contributed by atoms with E-state index >= 15 is 0 Å². The van der Waals surface area contributed by atoms with Crippen LogP contribution in [0.1, 0.15) is 69.4 Å². The van der Waals surface area contributed by atoms with Crippen molar-refractivity contribution in [3.8, 4) is 6.07 Å². The highest BCUT2D eigenvalue weighted by molar-refractivity contribution is 7.16. The normalized spacial score (nSPS) is 19.6. The first-order valence-electron chi connectivity index (χ1n) is 10.8. The number of nitrogens with one attached hydrogen (secondary N) is 2. The topological polar surface area (TPSA) is 94.5 Å². The molecule has 2 aliphatic rings. The Balaban J connectivity index is 1.59. The third-order valence-electron chi connectivity index (χ3n) is 5.50. The van der Waals surface area contributed by atoms with Crippen molar-refractivity contribution in [3.05, 3.63) is 16.0 Å². The zero-order valence-corrected chi connectivity index (χ0v) is 19.2. The summed E-state index contributed by atoms with van der Waals surface area (Å²) < 4.78 is 5.26. The first-order valence-corrected chi connectivity index (χ1v) is 11.6. The zero-order chi connectivity index (χ0) is 21.9. The Morgan fingerprint density at radius 3 is 2.73 bits per heavy atom. The first-order chi connectivity index (χ1) is 14.2. The maximum atomic E-state index is 12.7. The standard InChI is InChI=1S/C22H32N4O3S/c1-5-17(25-21(28)29-22(2,3)4)19(27)24-14-10-11-26(13-14)20-16(12-23)15-8-6-7-9-18(15)30-20/h14,17H,5-11,13H2,1-4H3,(H,24,27)(H,25,28)/t14-,17-/m0/s1. The molecule has 1 aromatic rings. The predicted octanol–water partition coefficient (Wildman–Crippen LogP) is 3.50. The molecule has 30 heavy (non-hydrogen) atoms. The number of carbonyl (C=O) groups excluding carboxylic acids is 2. The summed E-state index contributed by atoms with van der Waals surface area (Å²) in [5.41, 5.74) is 1.46. The van der Waals surface area contributed by atoms with Crippen LogP contribution in [0.15, 0.2) is 0 Å². The number of hydrogen-bond donors (Lipinski definition) is 2. The van der Waals surface area contributed by atoms with Crippen LogP contribution in [-0.4, -0.2) is 42.8 Å². The van der Waals surface area contributed by atoms with Crippen LogP contribution in [0.3, 0.4) is 0 Å². The molecule has 1 aliphatic heterocycles. The smallest absolute Gasteiger partial charge is 0.408 e. The van der Waals surface area contributed by atoms with Crippen molar-refractivity contribution in [1.29, 1.82) is 5.26 Å². The van der Waals surface area contributed by atoms with Gasteiger partial charge < -0.3 is 20.3 Å². The second-order valence-corrected chi connectivity index (χ2v) is 10.1. The molecule has 3 rings (SSSR count). The van der Waals surface area contributed by atoms with Gasteiger partial charge in [-0.25, -0.2) is 4.79 Å². The number of hydrogen-bond acceptors (Lipinski definition) is 6. The minimum absolute atomic E-state index is 0.00217. The van der Waals surface area contributed by atoms with Gasteiger partial charge in [-0.15, -0.1) is 11.3 Å². The lowest BCUT2D eigenvalue weighted by molar-refractivity contribution is -0.123. The molecule has 0 spiro atoms. The quantitative estimate of drug-likeness (QED) is 0.743. The van der Waals surface area contributed by atoms with Gasteiger partial charge in [0.1, 0.15) is 22.7 Å². The van der Waals surface area contributed by atoms with Gasteiger partial charge in [0.2, 0.25) is 5.91 Å². The van der Waals surface area contributed by atoms with Crippen molar-refractivity contribution in [2.75, 3.05) is 18.0 Å². The highest BCUT2D eigenvalue weighted by Gasteiger charge is 2.31. The van der Waals surface area contributed by atoms with Gasteiger partial charge in [-0.3, -0.25) is 4.79 Å². The number of aryl methyl sites for hydroxylation is 1. The van der Waals surface area contributed by atoms with Crippen molar-refractivity contribution in [1.82, 2.24) is 10.6 Å². The molecule has 0 unspecified atom stereocenters. The summed E-state index contributed by atoms with van der Waals surface area (Å²) in [5, 5.41) is 16.5. The first kappa shape index (κ1) is 22.4. The Bertz CT molecular complexity index is 837. The monoisotopic (exact) mass is 432 g/mol. The minimum Gasteiger partial charge on any atom is -0.444 e. The lowest BCUT2D eigenvalue weighted by Gasteiger charge is -2.24. The highest BCUT2D eigenvalue weighted by atomic mass is 32.1. The van der Waals surface area contributed by atoms with E-state index in [4.69, 9.17) is 4.74 Å². The van der Waals surface area contributed by atoms with E-state index in [0.29, 0.717) is 13.0 Å². The van der Waals surface area contributed by atoms with Gasteiger partial charge in [-0.2, -0.15) is 5.26 Å². The number of amides is 2. The summed E-state index contributed by atoms with van der Waals surface area (Å²) >= 11 is 1.75. The number of anilines is 1. The molecule has 0 radical (unpaired) electrons. The zero-order valence-electron chi connectivity index (χ0n) is 18.3. The number of nitrogens with zero attached hydrogens (tertiary/aromatic N) is 2. The highest BCUT2D eigenvalue weighted by Crippen LogP contribution is 2.40. The fourth-order valence-electron chi connectivity index (χ4n) is 4.06. The molecule has 1 aliphatic carbocycles. The van der Waals surface area contributed by atoms with Crippen LogP contribution in [0.2, 0.25) is 0 Å². The van der Waals surface area contributed by atoms with E-state index in [2.05, 4.69) is 21.6 Å². The van der Waals surface area contributed by atoms with Gasteiger partial charge >= 0.3 is 6.09 Å². The number of nitriles is 1. The van der Waals surface area contributed by atoms with E-state index in [1.54, 1.807) is 32.1 Å². The summed E-state index contributed by atoms with van der Waals surface area (Å²) in [6.07, 6.45) is 5.13. The number of rotatable bonds is 5. The van der Waals surface area contributed by atoms with Crippen LogP contribution in [0.5, 0.6) is 0 Å². The van der Waals surface area contributed by atoms with Crippen molar-refractivity contribution < 1.29 is 14.3 Å². The molecule has 2 heterocycles. The van der Waals surface area contributed by atoms with Gasteiger partial charge in [0.15, 0.2) is 0 Å². The van der Waals surface area contributed by atoms with Crippen molar-refractivity contribution in [2.24, 2.45) is 0 Å². The third kappa shape index (κ3) is 5.25. The van der Waals surface area contributed by atoms with Crippen molar-refractivity contribution in [2.45, 2.75) is 83.9 Å². The Morgan fingerprint density at radius 1 is 1.33 bits per heavy atom. The van der Waals surface area contributed by atoms with Gasteiger partial charge in [-0.1, -0.05) is 6.92 Å². The summed E-state index contributed by atoms with van der Waals surface area (Å²) in [7, 11) is 0. The number of alkyl carbamates (subject to hydrolysis) is 1. The lowest BCUT2D eigenvalue weighted by atomic mass is 9.96. The van der Waals surface area contributed by atoms with Crippen LogP contribution in [0, 0.1) is 11.3 Å². The molecule has 0 saturated carbocycles. The Kier molecular flexibility index (Phi) is 6.91. The van der Waals surface area contributed by atoms with E-state index in [9.17, 15) is 14.9 Å². The number of thiophene rings is 1. The van der Waals surface area contributed by atoms with E-state index < -0.39 is 17.7 Å². The molecule has 7 nitrogen and oxygen atoms in total. The lowest BCUT2D eigenvalue weighted by Crippen LogP contribution is -2.50. The minimum atomic E-state index is -0.627. The van der Waals surface area contributed by atoms with Crippen LogP contribution in [0.25, 0.3) is 0 Å². The Morgan fingerprint density at radius 2 is 2.07 bits per heavy atom. The molecular weight excluding hydrogens is 400 g/mol. The van der Waals surface area contributed by atoms with E-state index in [1.165, 1.54) is 16.9 Å². The summed E-state index contributed by atoms with van der Waals surface area (Å²) in [6, 6.07) is 1.79. The number of ether oxygens (including phenoxy) is 1. The Labute approximate surface area is 182 Å². The molecule has 2 N–H and O–H groups in total. The number of fused-ring (bicyclic) bond motifs is 1. The van der Waals surface area contributed by atoms with Crippen molar-refractivity contribution in [3.63, 3.8) is 0 Å². The van der Waals surface area contributed by atoms with E-state index in [0.717, 1.165) is 42.8 Å². The van der Waals surface area contributed by atoms with Crippen LogP contribution >= 0.6 is 11.3 Å². The van der Waals surface area contributed by atoms with Gasteiger partial charge in [0, 0.05) is 24.0 Å². The maximum Gasteiger partial charge on any atom is 0.408 e. The summed E-state index contributed by atoms with van der Waals surface area (Å²) in [5.74, 6) is -0.193. The molecule has 0 aromatic carbocycles. The van der Waals surface area contributed by atoms with Crippen LogP contribution < -0.4 is 15.5 Å². The molecule has 1 aromatic heterocycles. The van der Waals surface area contributed by atoms with Crippen LogP contribution in [0.4, 0.5) is 9.80 Å². The molecule has 164 valence electrons. The molecule has 2 amide bonds. The second-order valence-electron chi connectivity index (χ2n) is 9.05. The molecule has 8 heteroatoms. The molecular formula is C22H32N4O3S. The second kappa shape index (κ2) is 9.25. The fraction of sp³-hybridized carbons (Fsp3) is 0.682. The molecule has 1 saturated heterocycles. The number of carbonyl (C=O) groups is 2.